The van der Waals surface area contributed by atoms with Gasteiger partial charge in [0, 0.05) is 12.6 Å². The Morgan fingerprint density at radius 3 is 2.88 bits per heavy atom. The van der Waals surface area contributed by atoms with Crippen molar-refractivity contribution in [3.8, 4) is 0 Å². The molecule has 16 heavy (non-hydrogen) atoms. The first-order valence-corrected chi connectivity index (χ1v) is 6.19. The molecule has 86 valence electrons. The second-order valence-electron chi connectivity index (χ2n) is 5.52. The highest BCUT2D eigenvalue weighted by Crippen LogP contribution is 2.70. The Hall–Kier alpha value is -0.900. The van der Waals surface area contributed by atoms with E-state index in [-0.39, 0.29) is 0 Å². The van der Waals surface area contributed by atoms with Crippen LogP contribution in [0.1, 0.15) is 36.7 Å². The van der Waals surface area contributed by atoms with Crippen molar-refractivity contribution in [1.82, 2.24) is 15.1 Å². The zero-order chi connectivity index (χ0) is 11.7. The smallest absolute Gasteiger partial charge is 0.193 e. The van der Waals surface area contributed by atoms with E-state index >= 15 is 0 Å². The van der Waals surface area contributed by atoms with Crippen LogP contribution in [-0.2, 0) is 6.42 Å². The molecule has 0 spiro atoms. The lowest BCUT2D eigenvalue weighted by Gasteiger charge is -2.11. The fourth-order valence-corrected chi connectivity index (χ4v) is 3.52. The van der Waals surface area contributed by atoms with E-state index in [0.717, 1.165) is 24.0 Å². The molecule has 3 nitrogen and oxygen atoms in total. The van der Waals surface area contributed by atoms with E-state index in [1.54, 1.807) is 0 Å². The number of nitrogens with zero attached hydrogens (tertiary/aromatic N) is 2. The highest BCUT2D eigenvalue weighted by Gasteiger charge is 2.63. The van der Waals surface area contributed by atoms with Crippen LogP contribution in [0.25, 0.3) is 0 Å². The van der Waals surface area contributed by atoms with Crippen LogP contribution in [0.5, 0.6) is 0 Å². The summed E-state index contributed by atoms with van der Waals surface area (Å²) in [5.74, 6) is 1.53. The number of hydrogen-bond donors (Lipinski definition) is 1. The Labute approximate surface area is 101 Å². The molecule has 0 amide bonds. The van der Waals surface area contributed by atoms with E-state index in [4.69, 9.17) is 12.2 Å². The fraction of sp³-hybridized carbons (Fsp3) is 0.667. The molecule has 0 unspecified atom stereocenters. The first-order chi connectivity index (χ1) is 7.48. The van der Waals surface area contributed by atoms with Crippen molar-refractivity contribution in [1.29, 1.82) is 0 Å². The second kappa shape index (κ2) is 2.86. The van der Waals surface area contributed by atoms with Crippen LogP contribution in [0.4, 0.5) is 0 Å². The van der Waals surface area contributed by atoms with Crippen LogP contribution in [-0.4, -0.2) is 21.9 Å². The monoisotopic (exact) mass is 235 g/mol. The zero-order valence-electron chi connectivity index (χ0n) is 10.2. The van der Waals surface area contributed by atoms with Crippen molar-refractivity contribution in [2.45, 2.75) is 33.1 Å². The first-order valence-electron chi connectivity index (χ1n) is 5.79. The van der Waals surface area contributed by atoms with Crippen LogP contribution in [0.3, 0.4) is 0 Å². The van der Waals surface area contributed by atoms with Gasteiger partial charge in [-0.05, 0) is 42.8 Å². The summed E-state index contributed by atoms with van der Waals surface area (Å²) in [6.07, 6.45) is 1.13. The number of fused-ring (bicyclic) bond motifs is 3. The average Bonchev–Trinajstić information content (AvgIpc) is 2.62. The van der Waals surface area contributed by atoms with Crippen LogP contribution < -0.4 is 5.32 Å². The van der Waals surface area contributed by atoms with Crippen molar-refractivity contribution in [3.63, 3.8) is 0 Å². The minimum Gasteiger partial charge on any atom is -0.364 e. The van der Waals surface area contributed by atoms with Crippen molar-refractivity contribution in [2.75, 3.05) is 7.05 Å². The molecule has 0 radical (unpaired) electrons. The van der Waals surface area contributed by atoms with Crippen LogP contribution in [0.2, 0.25) is 0 Å². The van der Waals surface area contributed by atoms with E-state index < -0.39 is 0 Å². The summed E-state index contributed by atoms with van der Waals surface area (Å²) in [7, 11) is 1.85. The minimum atomic E-state index is 0.479. The average molecular weight is 235 g/mol. The molecular formula is C12H17N3S. The van der Waals surface area contributed by atoms with E-state index in [1.165, 1.54) is 11.3 Å². The van der Waals surface area contributed by atoms with Crippen molar-refractivity contribution < 1.29 is 0 Å². The summed E-state index contributed by atoms with van der Waals surface area (Å²) < 4.78 is 1.92. The molecule has 1 aromatic heterocycles. The molecule has 1 aromatic rings. The van der Waals surface area contributed by atoms with Gasteiger partial charge in [-0.3, -0.25) is 0 Å². The number of nitrogens with one attached hydrogen (secondary N) is 1. The lowest BCUT2D eigenvalue weighted by molar-refractivity contribution is 0.534. The first kappa shape index (κ1) is 10.3. The summed E-state index contributed by atoms with van der Waals surface area (Å²) in [6, 6.07) is 0. The molecule has 0 aliphatic heterocycles. The third-order valence-electron chi connectivity index (χ3n) is 4.39. The number of aryl methyl sites for hydroxylation is 1. The number of rotatable bonds is 0. The molecule has 2 atom stereocenters. The molecule has 0 saturated heterocycles. The van der Waals surface area contributed by atoms with Crippen molar-refractivity contribution in [2.24, 2.45) is 11.3 Å². The largest absolute Gasteiger partial charge is 0.364 e. The topological polar surface area (TPSA) is 29.9 Å². The normalized spacial score (nSPS) is 28.5. The fourth-order valence-electron chi connectivity index (χ4n) is 3.37. The summed E-state index contributed by atoms with van der Waals surface area (Å²) in [4.78, 5) is 0. The number of thiocarbonyl (C=S) groups is 1. The molecule has 0 bridgehead atoms. The molecule has 1 N–H and O–H groups in total. The predicted octanol–water partition coefficient (Wildman–Crippen LogP) is 1.84. The molecule has 1 saturated carbocycles. The number of hydrogen-bond acceptors (Lipinski definition) is 2. The lowest BCUT2D eigenvalue weighted by Crippen LogP contribution is -2.27. The van der Waals surface area contributed by atoms with Gasteiger partial charge in [-0.25, -0.2) is 4.68 Å². The molecule has 1 fully saturated rings. The molecule has 3 rings (SSSR count). The van der Waals surface area contributed by atoms with E-state index in [1.807, 2.05) is 11.7 Å². The van der Waals surface area contributed by atoms with Gasteiger partial charge in [0.1, 0.15) is 0 Å². The number of aromatic nitrogens is 2. The van der Waals surface area contributed by atoms with Gasteiger partial charge in [0.25, 0.3) is 0 Å². The maximum absolute atomic E-state index is 5.28. The van der Waals surface area contributed by atoms with E-state index in [0.29, 0.717) is 10.5 Å². The van der Waals surface area contributed by atoms with Crippen LogP contribution in [0, 0.1) is 18.3 Å². The van der Waals surface area contributed by atoms with Gasteiger partial charge in [-0.2, -0.15) is 5.10 Å². The van der Waals surface area contributed by atoms with Gasteiger partial charge in [0.2, 0.25) is 0 Å². The standard InChI is InChI=1S/C12H17N3S/c1-6-9-8(15(14-6)11(16)13-4)5-7-10(9)12(7,2)3/h7,10H,5H2,1-4H3,(H,13,16)/t7-,10-/m1/s1. The highest BCUT2D eigenvalue weighted by atomic mass is 32.1. The van der Waals surface area contributed by atoms with Gasteiger partial charge >= 0.3 is 0 Å². The summed E-state index contributed by atoms with van der Waals surface area (Å²) in [5.41, 5.74) is 4.44. The molecule has 4 heteroatoms. The second-order valence-corrected chi connectivity index (χ2v) is 5.91. The molecule has 2 aliphatic carbocycles. The van der Waals surface area contributed by atoms with Crippen molar-refractivity contribution in [3.05, 3.63) is 17.0 Å². The zero-order valence-corrected chi connectivity index (χ0v) is 11.0. The third-order valence-corrected chi connectivity index (χ3v) is 4.76. The molecular weight excluding hydrogens is 218 g/mol. The Morgan fingerprint density at radius 1 is 1.56 bits per heavy atom. The van der Waals surface area contributed by atoms with Gasteiger partial charge in [0.05, 0.1) is 11.4 Å². The maximum Gasteiger partial charge on any atom is 0.193 e. The predicted molar refractivity (Wildman–Crippen MR) is 67.7 cm³/mol. The van der Waals surface area contributed by atoms with E-state index in [2.05, 4.69) is 31.2 Å². The summed E-state index contributed by atoms with van der Waals surface area (Å²) in [5, 5.41) is 8.28. The Kier molecular flexibility index (Phi) is 1.83. The quantitative estimate of drug-likeness (QED) is 0.696. The Morgan fingerprint density at radius 2 is 2.25 bits per heavy atom. The van der Waals surface area contributed by atoms with Crippen LogP contribution >= 0.6 is 12.2 Å². The summed E-state index contributed by atoms with van der Waals surface area (Å²) >= 11 is 5.28. The highest BCUT2D eigenvalue weighted by molar-refractivity contribution is 7.80. The van der Waals surface area contributed by atoms with Crippen LogP contribution in [0.15, 0.2) is 0 Å². The third kappa shape index (κ3) is 1.03. The molecule has 2 aliphatic rings. The van der Waals surface area contributed by atoms with Gasteiger partial charge in [-0.1, -0.05) is 13.8 Å². The SMILES string of the molecule is CNC(=S)n1nc(C)c2c1C[C@@H]1[C@H]2C1(C)C. The van der Waals surface area contributed by atoms with Gasteiger partial charge in [0.15, 0.2) is 5.11 Å². The maximum atomic E-state index is 5.28. The van der Waals surface area contributed by atoms with Crippen molar-refractivity contribution >= 4 is 17.3 Å². The Balaban J connectivity index is 2.08. The summed E-state index contributed by atoms with van der Waals surface area (Å²) in [6.45, 7) is 6.82. The molecule has 1 heterocycles. The minimum absolute atomic E-state index is 0.479. The Bertz CT molecular complexity index is 487. The molecule has 0 aromatic carbocycles. The van der Waals surface area contributed by atoms with Gasteiger partial charge in [-0.15, -0.1) is 0 Å². The lowest BCUT2D eigenvalue weighted by atomic mass is 9.98. The van der Waals surface area contributed by atoms with E-state index in [9.17, 15) is 0 Å². The van der Waals surface area contributed by atoms with Gasteiger partial charge < -0.3 is 5.32 Å².